The third-order valence-corrected chi connectivity index (χ3v) is 3.04. The summed E-state index contributed by atoms with van der Waals surface area (Å²) < 4.78 is 1.93. The molecule has 7 nitrogen and oxygen atoms in total. The molecular weight excluding hydrogens is 244 g/mol. The van der Waals surface area contributed by atoms with E-state index in [2.05, 4.69) is 15.2 Å². The summed E-state index contributed by atoms with van der Waals surface area (Å²) in [7, 11) is 0. The van der Waals surface area contributed by atoms with Crippen LogP contribution in [0, 0.1) is 11.3 Å². The second-order valence-corrected chi connectivity index (χ2v) is 4.21. The van der Waals surface area contributed by atoms with Crippen LogP contribution in [0.3, 0.4) is 0 Å². The van der Waals surface area contributed by atoms with Crippen LogP contribution in [-0.4, -0.2) is 37.1 Å². The Hall–Kier alpha value is -2.75. The fourth-order valence-corrected chi connectivity index (χ4v) is 1.99. The summed E-state index contributed by atoms with van der Waals surface area (Å²) in [6, 6.07) is 5.13. The average Bonchev–Trinajstić information content (AvgIpc) is 2.94. The number of nitrogens with zero attached hydrogens (tertiary/aromatic N) is 6. The van der Waals surface area contributed by atoms with E-state index in [1.54, 1.807) is 23.4 Å². The number of rotatable bonds is 1. The molecule has 0 atom stereocenters. The summed E-state index contributed by atoms with van der Waals surface area (Å²) >= 11 is 0. The van der Waals surface area contributed by atoms with E-state index in [0.717, 1.165) is 5.82 Å². The maximum Gasteiger partial charge on any atom is 0.272 e. The summed E-state index contributed by atoms with van der Waals surface area (Å²) in [5.41, 5.74) is 0.780. The van der Waals surface area contributed by atoms with Gasteiger partial charge in [-0.3, -0.25) is 4.79 Å². The minimum atomic E-state index is -0.154. The Morgan fingerprint density at radius 2 is 2.26 bits per heavy atom. The molecule has 3 heterocycles. The van der Waals surface area contributed by atoms with Crippen molar-refractivity contribution in [3.63, 3.8) is 0 Å². The van der Waals surface area contributed by atoms with Crippen LogP contribution < -0.4 is 0 Å². The molecule has 0 aliphatic carbocycles. The lowest BCUT2D eigenvalue weighted by Crippen LogP contribution is -2.38. The van der Waals surface area contributed by atoms with Crippen molar-refractivity contribution in [3.05, 3.63) is 41.7 Å². The monoisotopic (exact) mass is 254 g/mol. The van der Waals surface area contributed by atoms with Gasteiger partial charge in [0.2, 0.25) is 0 Å². The smallest absolute Gasteiger partial charge is 0.272 e. The third kappa shape index (κ3) is 2.04. The van der Waals surface area contributed by atoms with Crippen LogP contribution >= 0.6 is 0 Å². The number of aromatic nitrogens is 4. The highest BCUT2D eigenvalue weighted by atomic mass is 16.2. The number of amides is 1. The fourth-order valence-electron chi connectivity index (χ4n) is 1.99. The van der Waals surface area contributed by atoms with Crippen molar-refractivity contribution < 1.29 is 4.79 Å². The van der Waals surface area contributed by atoms with Gasteiger partial charge in [-0.1, -0.05) is 0 Å². The van der Waals surface area contributed by atoms with E-state index in [-0.39, 0.29) is 5.91 Å². The maximum absolute atomic E-state index is 12.3. The Labute approximate surface area is 109 Å². The maximum atomic E-state index is 12.3. The van der Waals surface area contributed by atoms with Crippen LogP contribution in [0.4, 0.5) is 0 Å². The van der Waals surface area contributed by atoms with Gasteiger partial charge in [-0.2, -0.15) is 5.26 Å². The summed E-state index contributed by atoms with van der Waals surface area (Å²) in [4.78, 5) is 17.9. The highest BCUT2D eigenvalue weighted by Crippen LogP contribution is 2.12. The molecule has 0 saturated heterocycles. The predicted molar refractivity (Wildman–Crippen MR) is 63.7 cm³/mol. The van der Waals surface area contributed by atoms with Gasteiger partial charge < -0.3 is 9.47 Å². The Morgan fingerprint density at radius 1 is 1.37 bits per heavy atom. The second-order valence-electron chi connectivity index (χ2n) is 4.21. The van der Waals surface area contributed by atoms with Crippen LogP contribution in [0.2, 0.25) is 0 Å². The molecule has 0 radical (unpaired) electrons. The number of carbonyl (C=O) groups is 1. The quantitative estimate of drug-likeness (QED) is 0.725. The molecule has 19 heavy (non-hydrogen) atoms. The van der Waals surface area contributed by atoms with E-state index in [1.807, 2.05) is 10.6 Å². The highest BCUT2D eigenvalue weighted by molar-refractivity contribution is 5.92. The van der Waals surface area contributed by atoms with Crippen molar-refractivity contribution in [2.75, 3.05) is 6.54 Å². The standard InChI is InChI=1S/C12H10N6O/c13-5-9-1-2-10(14-6-9)12(19)17-3-4-18-8-15-16-11(18)7-17/h1-2,6,8H,3-4,7H2. The van der Waals surface area contributed by atoms with Gasteiger partial charge in [-0.05, 0) is 12.1 Å². The molecule has 2 aromatic heterocycles. The van der Waals surface area contributed by atoms with Crippen LogP contribution in [0.1, 0.15) is 21.9 Å². The Bertz CT molecular complexity index is 654. The van der Waals surface area contributed by atoms with Crippen LogP contribution in [0.25, 0.3) is 0 Å². The molecule has 0 aromatic carbocycles. The molecule has 1 amide bonds. The molecule has 3 rings (SSSR count). The van der Waals surface area contributed by atoms with Gasteiger partial charge in [0.15, 0.2) is 5.82 Å². The van der Waals surface area contributed by atoms with E-state index in [9.17, 15) is 4.79 Å². The zero-order chi connectivity index (χ0) is 13.2. The minimum absolute atomic E-state index is 0.154. The minimum Gasteiger partial charge on any atom is -0.328 e. The van der Waals surface area contributed by atoms with Crippen molar-refractivity contribution in [2.24, 2.45) is 0 Å². The molecule has 2 aromatic rings. The van der Waals surface area contributed by atoms with Crippen molar-refractivity contribution in [3.8, 4) is 6.07 Å². The topological polar surface area (TPSA) is 87.7 Å². The first-order chi connectivity index (χ1) is 9.28. The lowest BCUT2D eigenvalue weighted by Gasteiger charge is -2.26. The first-order valence-electron chi connectivity index (χ1n) is 5.80. The van der Waals surface area contributed by atoms with Gasteiger partial charge in [-0.25, -0.2) is 4.98 Å². The van der Waals surface area contributed by atoms with Gasteiger partial charge in [0, 0.05) is 19.3 Å². The fraction of sp³-hybridized carbons (Fsp3) is 0.250. The largest absolute Gasteiger partial charge is 0.328 e. The van der Waals surface area contributed by atoms with Gasteiger partial charge in [0.1, 0.15) is 18.1 Å². The number of hydrogen-bond acceptors (Lipinski definition) is 5. The Kier molecular flexibility index (Phi) is 2.68. The second kappa shape index (κ2) is 4.49. The number of carbonyl (C=O) groups excluding carboxylic acids is 1. The molecular formula is C12H10N6O. The first kappa shape index (κ1) is 11.3. The molecule has 1 aliphatic heterocycles. The summed E-state index contributed by atoms with van der Waals surface area (Å²) in [6.45, 7) is 1.72. The van der Waals surface area contributed by atoms with Gasteiger partial charge >= 0.3 is 0 Å². The zero-order valence-corrected chi connectivity index (χ0v) is 10.0. The average molecular weight is 254 g/mol. The molecule has 0 saturated carbocycles. The number of hydrogen-bond donors (Lipinski definition) is 0. The molecule has 0 unspecified atom stereocenters. The third-order valence-electron chi connectivity index (χ3n) is 3.04. The predicted octanol–water partition coefficient (Wildman–Crippen LogP) is 0.201. The van der Waals surface area contributed by atoms with Crippen molar-refractivity contribution in [1.82, 2.24) is 24.6 Å². The summed E-state index contributed by atoms with van der Waals surface area (Å²) in [6.07, 6.45) is 3.07. The van der Waals surface area contributed by atoms with Crippen molar-refractivity contribution in [2.45, 2.75) is 13.1 Å². The van der Waals surface area contributed by atoms with E-state index < -0.39 is 0 Å². The Balaban J connectivity index is 1.79. The summed E-state index contributed by atoms with van der Waals surface area (Å²) in [5, 5.41) is 16.5. The van der Waals surface area contributed by atoms with Crippen LogP contribution in [0.5, 0.6) is 0 Å². The molecule has 0 fully saturated rings. The van der Waals surface area contributed by atoms with Crippen molar-refractivity contribution >= 4 is 5.91 Å². The van der Waals surface area contributed by atoms with Gasteiger partial charge in [0.05, 0.1) is 12.1 Å². The number of pyridine rings is 1. The molecule has 0 bridgehead atoms. The zero-order valence-electron chi connectivity index (χ0n) is 10.0. The van der Waals surface area contributed by atoms with Gasteiger partial charge in [0.25, 0.3) is 5.91 Å². The van der Waals surface area contributed by atoms with E-state index in [1.165, 1.54) is 6.20 Å². The molecule has 1 aliphatic rings. The molecule has 0 N–H and O–H groups in total. The first-order valence-corrected chi connectivity index (χ1v) is 5.80. The van der Waals surface area contributed by atoms with Crippen LogP contribution in [0.15, 0.2) is 24.7 Å². The van der Waals surface area contributed by atoms with Crippen LogP contribution in [-0.2, 0) is 13.1 Å². The summed E-state index contributed by atoms with van der Waals surface area (Å²) in [5.74, 6) is 0.618. The van der Waals surface area contributed by atoms with E-state index in [0.29, 0.717) is 30.9 Å². The normalized spacial score (nSPS) is 13.7. The van der Waals surface area contributed by atoms with E-state index >= 15 is 0 Å². The Morgan fingerprint density at radius 3 is 3.00 bits per heavy atom. The molecule has 0 spiro atoms. The molecule has 7 heteroatoms. The highest BCUT2D eigenvalue weighted by Gasteiger charge is 2.23. The lowest BCUT2D eigenvalue weighted by molar-refractivity contribution is 0.0701. The SMILES string of the molecule is N#Cc1ccc(C(=O)N2CCn3cnnc3C2)nc1. The van der Waals surface area contributed by atoms with Crippen molar-refractivity contribution in [1.29, 1.82) is 5.26 Å². The number of nitriles is 1. The molecule has 94 valence electrons. The number of fused-ring (bicyclic) bond motifs is 1. The lowest BCUT2D eigenvalue weighted by atomic mass is 10.2. The van der Waals surface area contributed by atoms with Gasteiger partial charge in [-0.15, -0.1) is 10.2 Å². The van der Waals surface area contributed by atoms with E-state index in [4.69, 9.17) is 5.26 Å².